The summed E-state index contributed by atoms with van der Waals surface area (Å²) < 4.78 is 6.23. The van der Waals surface area contributed by atoms with E-state index in [4.69, 9.17) is 22.2 Å². The highest BCUT2D eigenvalue weighted by Crippen LogP contribution is 2.33. The van der Waals surface area contributed by atoms with Gasteiger partial charge in [-0.2, -0.15) is 0 Å². The first-order valence-electron chi connectivity index (χ1n) is 5.57. The average Bonchev–Trinajstić information content (AvgIpc) is 2.44. The van der Waals surface area contributed by atoms with Gasteiger partial charge >= 0.3 is 0 Å². The van der Waals surface area contributed by atoms with Gasteiger partial charge in [-0.3, -0.25) is 10.8 Å². The molecule has 0 spiro atoms. The van der Waals surface area contributed by atoms with Crippen LogP contribution < -0.4 is 16.0 Å². The Morgan fingerprint density at radius 1 is 1.42 bits per heavy atom. The van der Waals surface area contributed by atoms with E-state index in [1.54, 1.807) is 25.4 Å². The van der Waals surface area contributed by atoms with E-state index < -0.39 is 0 Å². The Kier molecular flexibility index (Phi) is 4.76. The summed E-state index contributed by atoms with van der Waals surface area (Å²) in [7, 11) is 1.59. The molecule has 0 aliphatic carbocycles. The molecule has 1 aromatic carbocycles. The monoisotopic (exact) mass is 341 g/mol. The lowest BCUT2D eigenvalue weighted by Crippen LogP contribution is -2.30. The maximum Gasteiger partial charge on any atom is 0.142 e. The summed E-state index contributed by atoms with van der Waals surface area (Å²) in [6.07, 6.45) is 1.69. The van der Waals surface area contributed by atoms with Crippen molar-refractivity contribution in [2.24, 2.45) is 5.84 Å². The molecule has 0 aliphatic heterocycles. The van der Waals surface area contributed by atoms with Crippen molar-refractivity contribution in [1.82, 2.24) is 10.4 Å². The van der Waals surface area contributed by atoms with Crippen LogP contribution >= 0.6 is 27.5 Å². The smallest absolute Gasteiger partial charge is 0.142 e. The molecule has 2 rings (SSSR count). The van der Waals surface area contributed by atoms with Crippen molar-refractivity contribution in [2.45, 2.75) is 6.04 Å². The number of hydrogen-bond donors (Lipinski definition) is 2. The number of nitrogens with two attached hydrogens (primary N) is 1. The minimum Gasteiger partial charge on any atom is -0.495 e. The second-order valence-electron chi connectivity index (χ2n) is 3.86. The minimum atomic E-state index is -0.346. The lowest BCUT2D eigenvalue weighted by atomic mass is 10.0. The van der Waals surface area contributed by atoms with Crippen LogP contribution in [0.2, 0.25) is 5.02 Å². The Bertz CT molecular complexity index is 580. The third-order valence-electron chi connectivity index (χ3n) is 2.73. The van der Waals surface area contributed by atoms with Crippen LogP contribution in [-0.2, 0) is 0 Å². The van der Waals surface area contributed by atoms with Crippen LogP contribution in [0.25, 0.3) is 0 Å². The molecule has 0 saturated carbocycles. The summed E-state index contributed by atoms with van der Waals surface area (Å²) in [6, 6.07) is 8.87. The molecule has 4 nitrogen and oxygen atoms in total. The number of benzene rings is 1. The van der Waals surface area contributed by atoms with Crippen molar-refractivity contribution in [1.29, 1.82) is 0 Å². The van der Waals surface area contributed by atoms with Gasteiger partial charge < -0.3 is 4.74 Å². The molecule has 0 saturated heterocycles. The number of methoxy groups -OCH3 is 1. The van der Waals surface area contributed by atoms with Crippen LogP contribution in [0.15, 0.2) is 41.0 Å². The zero-order valence-electron chi connectivity index (χ0n) is 10.2. The van der Waals surface area contributed by atoms with E-state index in [2.05, 4.69) is 26.3 Å². The highest BCUT2D eigenvalue weighted by Gasteiger charge is 2.20. The molecule has 6 heteroatoms. The van der Waals surface area contributed by atoms with Crippen LogP contribution in [0.1, 0.15) is 17.3 Å². The summed E-state index contributed by atoms with van der Waals surface area (Å²) in [4.78, 5) is 4.33. The average molecular weight is 343 g/mol. The van der Waals surface area contributed by atoms with Crippen molar-refractivity contribution in [3.63, 3.8) is 0 Å². The minimum absolute atomic E-state index is 0.346. The van der Waals surface area contributed by atoms with E-state index >= 15 is 0 Å². The van der Waals surface area contributed by atoms with Crippen LogP contribution in [0.5, 0.6) is 5.75 Å². The second kappa shape index (κ2) is 6.34. The van der Waals surface area contributed by atoms with Gasteiger partial charge in [0, 0.05) is 15.7 Å². The fraction of sp³-hybridized carbons (Fsp3) is 0.154. The predicted octanol–water partition coefficient (Wildman–Crippen LogP) is 3.06. The Labute approximate surface area is 125 Å². The first kappa shape index (κ1) is 14.3. The van der Waals surface area contributed by atoms with Crippen molar-refractivity contribution in [3.8, 4) is 5.75 Å². The van der Waals surface area contributed by atoms with Gasteiger partial charge in [0.2, 0.25) is 0 Å². The van der Waals surface area contributed by atoms with Crippen LogP contribution in [-0.4, -0.2) is 12.1 Å². The zero-order chi connectivity index (χ0) is 13.8. The molecule has 19 heavy (non-hydrogen) atoms. The maximum atomic E-state index is 6.23. The van der Waals surface area contributed by atoms with E-state index in [0.29, 0.717) is 16.5 Å². The summed E-state index contributed by atoms with van der Waals surface area (Å²) in [5.74, 6) is 6.31. The molecule has 0 bridgehead atoms. The Balaban J connectivity index is 2.53. The molecule has 0 fully saturated rings. The van der Waals surface area contributed by atoms with E-state index in [1.807, 2.05) is 18.2 Å². The quantitative estimate of drug-likeness (QED) is 0.662. The third-order valence-corrected chi connectivity index (χ3v) is 3.57. The summed E-state index contributed by atoms with van der Waals surface area (Å²) in [6.45, 7) is 0. The van der Waals surface area contributed by atoms with Gasteiger partial charge in [-0.15, -0.1) is 0 Å². The Hall–Kier alpha value is -1.14. The normalized spacial score (nSPS) is 12.2. The van der Waals surface area contributed by atoms with Crippen LogP contribution in [0, 0.1) is 0 Å². The van der Waals surface area contributed by atoms with E-state index in [9.17, 15) is 0 Å². The van der Waals surface area contributed by atoms with Gasteiger partial charge in [0.05, 0.1) is 13.2 Å². The van der Waals surface area contributed by atoms with Crippen molar-refractivity contribution < 1.29 is 4.74 Å². The summed E-state index contributed by atoms with van der Waals surface area (Å²) >= 11 is 9.65. The van der Waals surface area contributed by atoms with E-state index in [1.165, 1.54) is 0 Å². The molecule has 1 heterocycles. The molecule has 0 amide bonds. The summed E-state index contributed by atoms with van der Waals surface area (Å²) in [5, 5.41) is 0.610. The second-order valence-corrected chi connectivity index (χ2v) is 5.18. The SMILES string of the molecule is COc1cccnc1C(NN)c1cc(Br)ccc1Cl. The lowest BCUT2D eigenvalue weighted by Gasteiger charge is -2.19. The standard InChI is InChI=1S/C13H13BrClN3O/c1-19-11-3-2-6-17-13(11)12(18-16)9-7-8(14)4-5-10(9)15/h2-7,12,18H,16H2,1H3. The van der Waals surface area contributed by atoms with Gasteiger partial charge in [0.1, 0.15) is 11.4 Å². The largest absolute Gasteiger partial charge is 0.495 e. The number of halogens is 2. The first-order valence-corrected chi connectivity index (χ1v) is 6.74. The fourth-order valence-corrected chi connectivity index (χ4v) is 2.45. The molecule has 1 atom stereocenters. The number of nitrogens with one attached hydrogen (secondary N) is 1. The molecule has 3 N–H and O–H groups in total. The van der Waals surface area contributed by atoms with Gasteiger partial charge in [0.15, 0.2) is 0 Å². The fourth-order valence-electron chi connectivity index (χ4n) is 1.84. The highest BCUT2D eigenvalue weighted by molar-refractivity contribution is 9.10. The molecular formula is C13H13BrClN3O. The molecule has 0 radical (unpaired) electrons. The van der Waals surface area contributed by atoms with E-state index in [0.717, 1.165) is 10.0 Å². The van der Waals surface area contributed by atoms with Crippen LogP contribution in [0.4, 0.5) is 0 Å². The predicted molar refractivity (Wildman–Crippen MR) is 79.1 cm³/mol. The zero-order valence-corrected chi connectivity index (χ0v) is 12.6. The molecule has 1 aromatic heterocycles. The van der Waals surface area contributed by atoms with Crippen LogP contribution in [0.3, 0.4) is 0 Å². The third kappa shape index (κ3) is 3.06. The van der Waals surface area contributed by atoms with Crippen molar-refractivity contribution >= 4 is 27.5 Å². The van der Waals surface area contributed by atoms with Gasteiger partial charge in [-0.05, 0) is 35.9 Å². The molecule has 0 aliphatic rings. The van der Waals surface area contributed by atoms with Crippen molar-refractivity contribution in [2.75, 3.05) is 7.11 Å². The Morgan fingerprint density at radius 3 is 2.89 bits per heavy atom. The number of rotatable bonds is 4. The van der Waals surface area contributed by atoms with E-state index in [-0.39, 0.29) is 6.04 Å². The number of pyridine rings is 1. The topological polar surface area (TPSA) is 60.2 Å². The summed E-state index contributed by atoms with van der Waals surface area (Å²) in [5.41, 5.74) is 4.25. The lowest BCUT2D eigenvalue weighted by molar-refractivity contribution is 0.400. The number of hydrazine groups is 1. The molecule has 2 aromatic rings. The number of nitrogens with zero attached hydrogens (tertiary/aromatic N) is 1. The molecule has 100 valence electrons. The number of aromatic nitrogens is 1. The molecule has 1 unspecified atom stereocenters. The maximum absolute atomic E-state index is 6.23. The van der Waals surface area contributed by atoms with Crippen molar-refractivity contribution in [3.05, 3.63) is 57.3 Å². The van der Waals surface area contributed by atoms with Gasteiger partial charge in [-0.25, -0.2) is 5.43 Å². The highest BCUT2D eigenvalue weighted by atomic mass is 79.9. The number of hydrogen-bond acceptors (Lipinski definition) is 4. The molecular weight excluding hydrogens is 330 g/mol. The number of ether oxygens (including phenoxy) is 1. The van der Waals surface area contributed by atoms with Gasteiger partial charge in [-0.1, -0.05) is 27.5 Å². The first-order chi connectivity index (χ1) is 9.17. The Morgan fingerprint density at radius 2 is 2.21 bits per heavy atom. The van der Waals surface area contributed by atoms with Gasteiger partial charge in [0.25, 0.3) is 0 Å².